The number of hydrogen-bond donors (Lipinski definition) is 1. The van der Waals surface area contributed by atoms with E-state index in [4.69, 9.17) is 10.5 Å². The number of anilines is 1. The van der Waals surface area contributed by atoms with Crippen LogP contribution in [0, 0.1) is 18.8 Å². The lowest BCUT2D eigenvalue weighted by Crippen LogP contribution is -2.04. The van der Waals surface area contributed by atoms with Gasteiger partial charge in [-0.2, -0.15) is 13.2 Å². The van der Waals surface area contributed by atoms with Gasteiger partial charge in [0.1, 0.15) is 12.4 Å². The summed E-state index contributed by atoms with van der Waals surface area (Å²) in [5.41, 5.74) is 7.85. The Morgan fingerprint density at radius 1 is 1.21 bits per heavy atom. The van der Waals surface area contributed by atoms with Crippen molar-refractivity contribution < 1.29 is 17.9 Å². The van der Waals surface area contributed by atoms with Gasteiger partial charge in [-0.05, 0) is 59.1 Å². The SMILES string of the molecule is CC#CCOc1c(C)c(-c2ccc(C(F)(F)F)cc2)cc(N)c1Br. The van der Waals surface area contributed by atoms with E-state index >= 15 is 0 Å². The number of alkyl halides is 3. The van der Waals surface area contributed by atoms with Crippen LogP contribution in [0.1, 0.15) is 18.1 Å². The fraction of sp³-hybridized carbons (Fsp3) is 0.222. The average molecular weight is 398 g/mol. The molecule has 0 fully saturated rings. The Hall–Kier alpha value is -2.13. The standard InChI is InChI=1S/C18H15BrF3NO/c1-3-4-9-24-17-11(2)14(10-15(23)16(17)19)12-5-7-13(8-6-12)18(20,21)22/h5-8,10H,9,23H2,1-2H3. The maximum Gasteiger partial charge on any atom is 0.416 e. The monoisotopic (exact) mass is 397 g/mol. The van der Waals surface area contributed by atoms with Crippen molar-refractivity contribution in [1.82, 2.24) is 0 Å². The van der Waals surface area contributed by atoms with Gasteiger partial charge in [0.05, 0.1) is 15.7 Å². The number of ether oxygens (including phenoxy) is 1. The Bertz CT molecular complexity index is 802. The van der Waals surface area contributed by atoms with E-state index in [0.717, 1.165) is 17.7 Å². The Morgan fingerprint density at radius 3 is 2.38 bits per heavy atom. The molecule has 0 bridgehead atoms. The van der Waals surface area contributed by atoms with Crippen molar-refractivity contribution in [1.29, 1.82) is 0 Å². The molecule has 2 rings (SSSR count). The molecule has 0 unspecified atom stereocenters. The Balaban J connectivity index is 2.48. The molecule has 24 heavy (non-hydrogen) atoms. The molecule has 0 radical (unpaired) electrons. The maximum absolute atomic E-state index is 12.7. The van der Waals surface area contributed by atoms with E-state index in [1.165, 1.54) is 12.1 Å². The van der Waals surface area contributed by atoms with Crippen molar-refractivity contribution in [3.8, 4) is 28.7 Å². The van der Waals surface area contributed by atoms with Crippen LogP contribution in [-0.4, -0.2) is 6.61 Å². The first kappa shape index (κ1) is 18.2. The Kier molecular flexibility index (Phi) is 5.45. The molecule has 0 heterocycles. The number of nitrogens with two attached hydrogens (primary N) is 1. The van der Waals surface area contributed by atoms with Crippen molar-refractivity contribution in [2.75, 3.05) is 12.3 Å². The van der Waals surface area contributed by atoms with E-state index in [0.29, 0.717) is 27.0 Å². The van der Waals surface area contributed by atoms with E-state index in [1.807, 2.05) is 6.92 Å². The van der Waals surface area contributed by atoms with Gasteiger partial charge in [0.25, 0.3) is 0 Å². The zero-order chi connectivity index (χ0) is 17.9. The summed E-state index contributed by atoms with van der Waals surface area (Å²) < 4.78 is 44.3. The van der Waals surface area contributed by atoms with E-state index in [9.17, 15) is 13.2 Å². The lowest BCUT2D eigenvalue weighted by Gasteiger charge is -2.16. The summed E-state index contributed by atoms with van der Waals surface area (Å²) >= 11 is 3.38. The lowest BCUT2D eigenvalue weighted by molar-refractivity contribution is -0.137. The normalized spacial score (nSPS) is 10.9. The third-order valence-corrected chi connectivity index (χ3v) is 4.30. The summed E-state index contributed by atoms with van der Waals surface area (Å²) in [6.07, 6.45) is -4.36. The molecule has 2 nitrogen and oxygen atoms in total. The summed E-state index contributed by atoms with van der Waals surface area (Å²) in [7, 11) is 0. The van der Waals surface area contributed by atoms with Crippen LogP contribution < -0.4 is 10.5 Å². The van der Waals surface area contributed by atoms with Gasteiger partial charge in [-0.15, -0.1) is 5.92 Å². The fourth-order valence-corrected chi connectivity index (χ4v) is 2.76. The van der Waals surface area contributed by atoms with Crippen LogP contribution in [0.15, 0.2) is 34.8 Å². The number of nitrogen functional groups attached to an aromatic ring is 1. The molecule has 0 aromatic heterocycles. The molecule has 0 amide bonds. The van der Waals surface area contributed by atoms with E-state index < -0.39 is 11.7 Å². The maximum atomic E-state index is 12.7. The van der Waals surface area contributed by atoms with Gasteiger partial charge in [-0.1, -0.05) is 18.1 Å². The van der Waals surface area contributed by atoms with Crippen LogP contribution in [0.2, 0.25) is 0 Å². The molecule has 126 valence electrons. The van der Waals surface area contributed by atoms with Crippen molar-refractivity contribution in [3.05, 3.63) is 45.9 Å². The summed E-state index contributed by atoms with van der Waals surface area (Å²) in [4.78, 5) is 0. The molecule has 2 aromatic carbocycles. The molecule has 6 heteroatoms. The second kappa shape index (κ2) is 7.18. The van der Waals surface area contributed by atoms with Crippen molar-refractivity contribution >= 4 is 21.6 Å². The highest BCUT2D eigenvalue weighted by Crippen LogP contribution is 2.41. The predicted octanol–water partition coefficient (Wildman–Crippen LogP) is 5.43. The summed E-state index contributed by atoms with van der Waals surface area (Å²) in [6.45, 7) is 3.73. The largest absolute Gasteiger partial charge is 0.479 e. The van der Waals surface area contributed by atoms with Gasteiger partial charge in [0.2, 0.25) is 0 Å². The molecule has 0 saturated heterocycles. The van der Waals surface area contributed by atoms with Crippen LogP contribution in [0.4, 0.5) is 18.9 Å². The van der Waals surface area contributed by atoms with Gasteiger partial charge in [0.15, 0.2) is 0 Å². The van der Waals surface area contributed by atoms with E-state index in [1.54, 1.807) is 13.0 Å². The predicted molar refractivity (Wildman–Crippen MR) is 92.7 cm³/mol. The summed E-state index contributed by atoms with van der Waals surface area (Å²) in [5.74, 6) is 6.06. The molecule has 0 aliphatic rings. The molecule has 0 saturated carbocycles. The van der Waals surface area contributed by atoms with Crippen molar-refractivity contribution in [3.63, 3.8) is 0 Å². The second-order valence-corrected chi connectivity index (χ2v) is 5.87. The van der Waals surface area contributed by atoms with Crippen molar-refractivity contribution in [2.24, 2.45) is 0 Å². The van der Waals surface area contributed by atoms with Gasteiger partial charge in [-0.25, -0.2) is 0 Å². The van der Waals surface area contributed by atoms with Crippen LogP contribution in [0.3, 0.4) is 0 Å². The van der Waals surface area contributed by atoms with Crippen LogP contribution >= 0.6 is 15.9 Å². The highest BCUT2D eigenvalue weighted by Gasteiger charge is 2.30. The highest BCUT2D eigenvalue weighted by molar-refractivity contribution is 9.10. The number of hydrogen-bond acceptors (Lipinski definition) is 2. The summed E-state index contributed by atoms with van der Waals surface area (Å²) in [5, 5.41) is 0. The van der Waals surface area contributed by atoms with Crippen molar-refractivity contribution in [2.45, 2.75) is 20.0 Å². The van der Waals surface area contributed by atoms with Gasteiger partial charge < -0.3 is 10.5 Å². The highest BCUT2D eigenvalue weighted by atomic mass is 79.9. The Morgan fingerprint density at radius 2 is 1.83 bits per heavy atom. The lowest BCUT2D eigenvalue weighted by atomic mass is 9.98. The minimum atomic E-state index is -4.36. The topological polar surface area (TPSA) is 35.2 Å². The minimum Gasteiger partial charge on any atom is -0.479 e. The minimum absolute atomic E-state index is 0.200. The number of benzene rings is 2. The second-order valence-electron chi connectivity index (χ2n) is 5.07. The van der Waals surface area contributed by atoms with E-state index in [2.05, 4.69) is 27.8 Å². The smallest absolute Gasteiger partial charge is 0.416 e. The molecule has 0 aliphatic carbocycles. The Labute approximate surface area is 146 Å². The molecule has 2 N–H and O–H groups in total. The zero-order valence-corrected chi connectivity index (χ0v) is 14.7. The van der Waals surface area contributed by atoms with Crippen LogP contribution in [-0.2, 0) is 6.18 Å². The van der Waals surface area contributed by atoms with E-state index in [-0.39, 0.29) is 6.61 Å². The van der Waals surface area contributed by atoms with Gasteiger partial charge >= 0.3 is 6.18 Å². The van der Waals surface area contributed by atoms with Crippen LogP contribution in [0.5, 0.6) is 5.75 Å². The molecule has 2 aromatic rings. The third kappa shape index (κ3) is 3.85. The third-order valence-electron chi connectivity index (χ3n) is 3.49. The molecular weight excluding hydrogens is 383 g/mol. The molecular formula is C18H15BrF3NO. The zero-order valence-electron chi connectivity index (χ0n) is 13.1. The van der Waals surface area contributed by atoms with Gasteiger partial charge in [-0.3, -0.25) is 0 Å². The first-order valence-corrected chi connectivity index (χ1v) is 7.83. The first-order chi connectivity index (χ1) is 11.3. The first-order valence-electron chi connectivity index (χ1n) is 7.04. The fourth-order valence-electron chi connectivity index (χ4n) is 2.24. The number of rotatable bonds is 3. The summed E-state index contributed by atoms with van der Waals surface area (Å²) in [6, 6.07) is 6.66. The molecule has 0 spiro atoms. The molecule has 0 atom stereocenters. The average Bonchev–Trinajstić information content (AvgIpc) is 2.53. The van der Waals surface area contributed by atoms with Crippen LogP contribution in [0.25, 0.3) is 11.1 Å². The number of halogens is 4. The van der Waals surface area contributed by atoms with Gasteiger partial charge in [0, 0.05) is 5.56 Å². The quantitative estimate of drug-likeness (QED) is 0.553. The molecule has 0 aliphatic heterocycles.